The van der Waals surface area contributed by atoms with Gasteiger partial charge in [-0.05, 0) is 18.6 Å². The average Bonchev–Trinajstić information content (AvgIpc) is 2.79. The third kappa shape index (κ3) is 3.71. The SMILES string of the molecule is Cn1c(Cl)cnc1CN1CCCN(C(=O)c2ccccn2)CC1. The van der Waals surface area contributed by atoms with Gasteiger partial charge in [-0.2, -0.15) is 0 Å². The highest BCUT2D eigenvalue weighted by atomic mass is 35.5. The first-order valence-corrected chi connectivity index (χ1v) is 8.11. The van der Waals surface area contributed by atoms with E-state index in [0.29, 0.717) is 17.4 Å². The summed E-state index contributed by atoms with van der Waals surface area (Å²) in [5.41, 5.74) is 0.511. The number of halogens is 1. The lowest BCUT2D eigenvalue weighted by Crippen LogP contribution is -2.35. The van der Waals surface area contributed by atoms with Crippen molar-refractivity contribution in [3.05, 3.63) is 47.3 Å². The molecule has 0 spiro atoms. The number of pyridine rings is 1. The van der Waals surface area contributed by atoms with Crippen LogP contribution < -0.4 is 0 Å². The van der Waals surface area contributed by atoms with Gasteiger partial charge in [0.15, 0.2) is 0 Å². The van der Waals surface area contributed by atoms with Crippen molar-refractivity contribution < 1.29 is 4.79 Å². The predicted octanol–water partition coefficient (Wildman–Crippen LogP) is 1.82. The minimum atomic E-state index is 0.00693. The Balaban J connectivity index is 1.61. The zero-order valence-electron chi connectivity index (χ0n) is 13.2. The third-order valence-corrected chi connectivity index (χ3v) is 4.50. The summed E-state index contributed by atoms with van der Waals surface area (Å²) in [6, 6.07) is 5.43. The number of amides is 1. The summed E-state index contributed by atoms with van der Waals surface area (Å²) in [6.45, 7) is 3.97. The zero-order valence-corrected chi connectivity index (χ0v) is 13.9. The molecule has 1 fully saturated rings. The van der Waals surface area contributed by atoms with E-state index in [9.17, 15) is 4.79 Å². The molecule has 1 aliphatic rings. The molecule has 3 heterocycles. The first kappa shape index (κ1) is 16.0. The van der Waals surface area contributed by atoms with Gasteiger partial charge in [0.25, 0.3) is 5.91 Å². The van der Waals surface area contributed by atoms with Gasteiger partial charge in [-0.15, -0.1) is 0 Å². The summed E-state index contributed by atoms with van der Waals surface area (Å²) in [6.07, 6.45) is 4.27. The van der Waals surface area contributed by atoms with Gasteiger partial charge >= 0.3 is 0 Å². The van der Waals surface area contributed by atoms with Gasteiger partial charge in [0.2, 0.25) is 0 Å². The van der Waals surface area contributed by atoms with E-state index >= 15 is 0 Å². The van der Waals surface area contributed by atoms with Crippen LogP contribution in [0.1, 0.15) is 22.7 Å². The van der Waals surface area contributed by atoms with Crippen LogP contribution in [0.2, 0.25) is 5.15 Å². The highest BCUT2D eigenvalue weighted by Gasteiger charge is 2.21. The van der Waals surface area contributed by atoms with Gasteiger partial charge in [-0.1, -0.05) is 17.7 Å². The van der Waals surface area contributed by atoms with Crippen LogP contribution >= 0.6 is 11.6 Å². The van der Waals surface area contributed by atoms with E-state index in [-0.39, 0.29) is 5.91 Å². The van der Waals surface area contributed by atoms with Gasteiger partial charge in [0.05, 0.1) is 12.7 Å². The van der Waals surface area contributed by atoms with Gasteiger partial charge in [-0.25, -0.2) is 4.98 Å². The molecule has 0 bridgehead atoms. The fourth-order valence-corrected chi connectivity index (χ4v) is 2.90. The molecule has 0 aromatic carbocycles. The van der Waals surface area contributed by atoms with Crippen molar-refractivity contribution in [3.63, 3.8) is 0 Å². The van der Waals surface area contributed by atoms with E-state index in [1.54, 1.807) is 18.5 Å². The number of rotatable bonds is 3. The molecule has 0 saturated carbocycles. The van der Waals surface area contributed by atoms with Gasteiger partial charge < -0.3 is 9.47 Å². The molecule has 1 aliphatic heterocycles. The van der Waals surface area contributed by atoms with Gasteiger partial charge in [-0.3, -0.25) is 14.7 Å². The minimum Gasteiger partial charge on any atom is -0.336 e. The second-order valence-corrected chi connectivity index (χ2v) is 6.08. The van der Waals surface area contributed by atoms with Crippen LogP contribution in [-0.2, 0) is 13.6 Å². The van der Waals surface area contributed by atoms with Crippen LogP contribution in [0.15, 0.2) is 30.6 Å². The van der Waals surface area contributed by atoms with E-state index in [4.69, 9.17) is 11.6 Å². The maximum absolute atomic E-state index is 12.5. The normalized spacial score (nSPS) is 16.3. The van der Waals surface area contributed by atoms with E-state index in [2.05, 4.69) is 14.9 Å². The summed E-state index contributed by atoms with van der Waals surface area (Å²) < 4.78 is 1.89. The largest absolute Gasteiger partial charge is 0.336 e. The number of hydrogen-bond acceptors (Lipinski definition) is 4. The van der Waals surface area contributed by atoms with E-state index in [0.717, 1.165) is 38.4 Å². The molecule has 0 unspecified atom stereocenters. The molecule has 7 heteroatoms. The quantitative estimate of drug-likeness (QED) is 0.859. The fraction of sp³-hybridized carbons (Fsp3) is 0.438. The molecule has 122 valence electrons. The lowest BCUT2D eigenvalue weighted by Gasteiger charge is -2.21. The van der Waals surface area contributed by atoms with Crippen molar-refractivity contribution in [3.8, 4) is 0 Å². The first-order valence-electron chi connectivity index (χ1n) is 7.74. The van der Waals surface area contributed by atoms with Crippen molar-refractivity contribution in [2.75, 3.05) is 26.2 Å². The van der Waals surface area contributed by atoms with Crippen LogP contribution in [0.5, 0.6) is 0 Å². The van der Waals surface area contributed by atoms with E-state index in [1.807, 2.05) is 28.6 Å². The summed E-state index contributed by atoms with van der Waals surface area (Å²) in [5.74, 6) is 0.951. The monoisotopic (exact) mass is 333 g/mol. The topological polar surface area (TPSA) is 54.3 Å². The molecule has 1 saturated heterocycles. The van der Waals surface area contributed by atoms with Crippen LogP contribution in [0, 0.1) is 0 Å². The highest BCUT2D eigenvalue weighted by molar-refractivity contribution is 6.29. The summed E-state index contributed by atoms with van der Waals surface area (Å²) in [5, 5.41) is 0.641. The Morgan fingerprint density at radius 1 is 1.22 bits per heavy atom. The Labute approximate surface area is 140 Å². The second kappa shape index (κ2) is 7.10. The van der Waals surface area contributed by atoms with Gasteiger partial charge in [0.1, 0.15) is 16.7 Å². The molecule has 2 aromatic heterocycles. The smallest absolute Gasteiger partial charge is 0.272 e. The van der Waals surface area contributed by atoms with Gasteiger partial charge in [0, 0.05) is 39.4 Å². The van der Waals surface area contributed by atoms with Crippen molar-refractivity contribution >= 4 is 17.5 Å². The van der Waals surface area contributed by atoms with Crippen molar-refractivity contribution in [1.29, 1.82) is 0 Å². The number of carbonyl (C=O) groups excluding carboxylic acids is 1. The molecular formula is C16H20ClN5O. The Morgan fingerprint density at radius 3 is 2.78 bits per heavy atom. The van der Waals surface area contributed by atoms with Crippen LogP contribution in [0.3, 0.4) is 0 Å². The number of aromatic nitrogens is 3. The molecular weight excluding hydrogens is 314 g/mol. The maximum Gasteiger partial charge on any atom is 0.272 e. The fourth-order valence-electron chi connectivity index (χ4n) is 2.75. The highest BCUT2D eigenvalue weighted by Crippen LogP contribution is 2.13. The molecule has 2 aromatic rings. The average molecular weight is 334 g/mol. The molecule has 1 amide bonds. The molecule has 3 rings (SSSR count). The Bertz CT molecular complexity index is 672. The summed E-state index contributed by atoms with van der Waals surface area (Å²) >= 11 is 6.03. The number of hydrogen-bond donors (Lipinski definition) is 0. The summed E-state index contributed by atoms with van der Waals surface area (Å²) in [7, 11) is 1.92. The Morgan fingerprint density at radius 2 is 2.09 bits per heavy atom. The van der Waals surface area contributed by atoms with E-state index < -0.39 is 0 Å². The molecule has 0 aliphatic carbocycles. The lowest BCUT2D eigenvalue weighted by molar-refractivity contribution is 0.0755. The minimum absolute atomic E-state index is 0.00693. The van der Waals surface area contributed by atoms with Crippen molar-refractivity contribution in [2.24, 2.45) is 7.05 Å². The summed E-state index contributed by atoms with van der Waals surface area (Å²) in [4.78, 5) is 25.2. The van der Waals surface area contributed by atoms with Crippen LogP contribution in [0.25, 0.3) is 0 Å². The Hall–Kier alpha value is -1.92. The van der Waals surface area contributed by atoms with E-state index in [1.165, 1.54) is 0 Å². The number of nitrogens with zero attached hydrogens (tertiary/aromatic N) is 5. The molecule has 0 N–H and O–H groups in total. The second-order valence-electron chi connectivity index (χ2n) is 5.69. The molecule has 0 atom stereocenters. The molecule has 23 heavy (non-hydrogen) atoms. The molecule has 0 radical (unpaired) electrons. The number of carbonyl (C=O) groups is 1. The third-order valence-electron chi connectivity index (χ3n) is 4.15. The zero-order chi connectivity index (χ0) is 16.2. The predicted molar refractivity (Wildman–Crippen MR) is 88.3 cm³/mol. The lowest BCUT2D eigenvalue weighted by atomic mass is 10.3. The van der Waals surface area contributed by atoms with Crippen molar-refractivity contribution in [1.82, 2.24) is 24.3 Å². The van der Waals surface area contributed by atoms with Crippen LogP contribution in [0.4, 0.5) is 0 Å². The maximum atomic E-state index is 12.5. The van der Waals surface area contributed by atoms with Crippen LogP contribution in [-0.4, -0.2) is 56.4 Å². The number of imidazole rings is 1. The Kier molecular flexibility index (Phi) is 4.93. The first-order chi connectivity index (χ1) is 11.1. The standard InChI is InChI=1S/C16H20ClN5O/c1-20-14(17)11-19-15(20)12-21-7-4-8-22(10-9-21)16(23)13-5-2-3-6-18-13/h2-3,5-6,11H,4,7-10,12H2,1H3. The molecule has 6 nitrogen and oxygen atoms in total. The van der Waals surface area contributed by atoms with Crippen molar-refractivity contribution in [2.45, 2.75) is 13.0 Å².